The Morgan fingerprint density at radius 3 is 2.56 bits per heavy atom. The fourth-order valence-electron chi connectivity index (χ4n) is 1.53. The summed E-state index contributed by atoms with van der Waals surface area (Å²) in [7, 11) is 0. The monoisotopic (exact) mass is 268 g/mol. The van der Waals surface area contributed by atoms with Crippen LogP contribution in [0.4, 0.5) is 0 Å². The van der Waals surface area contributed by atoms with Gasteiger partial charge in [-0.05, 0) is 32.4 Å². The molecule has 1 rings (SSSR count). The maximum absolute atomic E-state index is 11.8. The van der Waals surface area contributed by atoms with E-state index < -0.39 is 6.10 Å². The van der Waals surface area contributed by atoms with E-state index in [1.165, 1.54) is 11.8 Å². The quantitative estimate of drug-likeness (QED) is 0.803. The lowest BCUT2D eigenvalue weighted by molar-refractivity contribution is -0.127. The number of aliphatic hydroxyl groups is 1. The largest absolute Gasteiger partial charge is 0.389 e. The molecule has 0 fully saturated rings. The van der Waals surface area contributed by atoms with Gasteiger partial charge in [-0.25, -0.2) is 4.98 Å². The molecular weight excluding hydrogens is 248 g/mol. The average molecular weight is 268 g/mol. The lowest BCUT2D eigenvalue weighted by Gasteiger charge is -2.18. The van der Waals surface area contributed by atoms with Crippen molar-refractivity contribution in [3.8, 4) is 0 Å². The van der Waals surface area contributed by atoms with Crippen LogP contribution in [0.1, 0.15) is 32.4 Å². The number of rotatable bonds is 6. The van der Waals surface area contributed by atoms with Crippen molar-refractivity contribution in [1.29, 1.82) is 0 Å². The molecule has 0 saturated heterocycles. The fraction of sp³-hybridized carbons (Fsp3) is 0.538. The molecule has 0 aliphatic heterocycles. The van der Waals surface area contributed by atoms with Gasteiger partial charge in [-0.15, -0.1) is 0 Å². The standard InChI is InChI=1S/C13H20N2O2S/c1-4-15(5-2)13(17)9-18-12-7-6-11(8-14-12)10(3)16/h6-8,10,16H,4-5,9H2,1-3H3/t10-/m1/s1. The topological polar surface area (TPSA) is 53.4 Å². The molecule has 1 heterocycles. The molecule has 0 spiro atoms. The van der Waals surface area contributed by atoms with E-state index in [0.29, 0.717) is 5.75 Å². The summed E-state index contributed by atoms with van der Waals surface area (Å²) in [5, 5.41) is 10.2. The number of amides is 1. The highest BCUT2D eigenvalue weighted by molar-refractivity contribution is 7.99. The minimum atomic E-state index is -0.506. The number of aromatic nitrogens is 1. The van der Waals surface area contributed by atoms with Crippen molar-refractivity contribution in [3.63, 3.8) is 0 Å². The van der Waals surface area contributed by atoms with Crippen LogP contribution in [0.15, 0.2) is 23.4 Å². The molecule has 0 unspecified atom stereocenters. The zero-order chi connectivity index (χ0) is 13.5. The van der Waals surface area contributed by atoms with Gasteiger partial charge in [0.2, 0.25) is 5.91 Å². The molecule has 4 nitrogen and oxygen atoms in total. The lowest BCUT2D eigenvalue weighted by Crippen LogP contribution is -2.31. The van der Waals surface area contributed by atoms with Crippen molar-refractivity contribution < 1.29 is 9.90 Å². The molecule has 1 atom stereocenters. The number of carbonyl (C=O) groups is 1. The van der Waals surface area contributed by atoms with Gasteiger partial charge in [-0.3, -0.25) is 4.79 Å². The van der Waals surface area contributed by atoms with Gasteiger partial charge < -0.3 is 10.0 Å². The highest BCUT2D eigenvalue weighted by Crippen LogP contribution is 2.18. The first-order valence-corrected chi connectivity index (χ1v) is 7.11. The van der Waals surface area contributed by atoms with Crippen molar-refractivity contribution in [3.05, 3.63) is 23.9 Å². The fourth-order valence-corrected chi connectivity index (χ4v) is 2.27. The van der Waals surface area contributed by atoms with E-state index in [1.807, 2.05) is 26.0 Å². The molecule has 0 aliphatic carbocycles. The van der Waals surface area contributed by atoms with Gasteiger partial charge in [0.1, 0.15) is 0 Å². The Labute approximate surface area is 112 Å². The molecule has 0 radical (unpaired) electrons. The first-order valence-electron chi connectivity index (χ1n) is 6.13. The van der Waals surface area contributed by atoms with Crippen molar-refractivity contribution >= 4 is 17.7 Å². The van der Waals surface area contributed by atoms with Crippen molar-refractivity contribution in [2.75, 3.05) is 18.8 Å². The Balaban J connectivity index is 2.51. The first kappa shape index (κ1) is 15.0. The Hall–Kier alpha value is -1.07. The van der Waals surface area contributed by atoms with Crippen molar-refractivity contribution in [2.45, 2.75) is 31.9 Å². The molecule has 18 heavy (non-hydrogen) atoms. The summed E-state index contributed by atoms with van der Waals surface area (Å²) in [6.45, 7) is 7.13. The molecule has 1 aromatic heterocycles. The van der Waals surface area contributed by atoms with Crippen LogP contribution in [-0.4, -0.2) is 39.7 Å². The van der Waals surface area contributed by atoms with Crippen LogP contribution >= 0.6 is 11.8 Å². The second kappa shape index (κ2) is 7.38. The first-order chi connectivity index (χ1) is 8.58. The summed E-state index contributed by atoms with van der Waals surface area (Å²) in [4.78, 5) is 17.8. The molecule has 1 amide bonds. The Kier molecular flexibility index (Phi) is 6.15. The van der Waals surface area contributed by atoms with Crippen LogP contribution in [-0.2, 0) is 4.79 Å². The molecule has 1 N–H and O–H groups in total. The molecule has 0 saturated carbocycles. The predicted molar refractivity (Wildman–Crippen MR) is 73.5 cm³/mol. The van der Waals surface area contributed by atoms with E-state index in [-0.39, 0.29) is 5.91 Å². The normalized spacial score (nSPS) is 12.2. The van der Waals surface area contributed by atoms with E-state index in [4.69, 9.17) is 0 Å². The van der Waals surface area contributed by atoms with Gasteiger partial charge in [-0.1, -0.05) is 17.8 Å². The van der Waals surface area contributed by atoms with Crippen LogP contribution in [0, 0.1) is 0 Å². The highest BCUT2D eigenvalue weighted by atomic mass is 32.2. The van der Waals surface area contributed by atoms with Crippen LogP contribution < -0.4 is 0 Å². The zero-order valence-corrected chi connectivity index (χ0v) is 11.9. The molecule has 0 aliphatic rings. The number of thioether (sulfide) groups is 1. The molecule has 0 aromatic carbocycles. The van der Waals surface area contributed by atoms with Gasteiger partial charge in [0.25, 0.3) is 0 Å². The van der Waals surface area contributed by atoms with Crippen molar-refractivity contribution in [2.24, 2.45) is 0 Å². The van der Waals surface area contributed by atoms with Crippen LogP contribution in [0.3, 0.4) is 0 Å². The van der Waals surface area contributed by atoms with Gasteiger partial charge in [0.05, 0.1) is 16.9 Å². The second-order valence-corrected chi connectivity index (χ2v) is 4.96. The minimum Gasteiger partial charge on any atom is -0.389 e. The summed E-state index contributed by atoms with van der Waals surface area (Å²) in [5.41, 5.74) is 0.786. The Morgan fingerprint density at radius 1 is 1.44 bits per heavy atom. The minimum absolute atomic E-state index is 0.131. The molecule has 100 valence electrons. The molecular formula is C13H20N2O2S. The average Bonchev–Trinajstić information content (AvgIpc) is 2.38. The van der Waals surface area contributed by atoms with Gasteiger partial charge in [0, 0.05) is 19.3 Å². The maximum Gasteiger partial charge on any atom is 0.232 e. The zero-order valence-electron chi connectivity index (χ0n) is 11.1. The summed E-state index contributed by atoms with van der Waals surface area (Å²) < 4.78 is 0. The maximum atomic E-state index is 11.8. The number of pyridine rings is 1. The Morgan fingerprint density at radius 2 is 2.11 bits per heavy atom. The van der Waals surface area contributed by atoms with Gasteiger partial charge in [0.15, 0.2) is 0 Å². The van der Waals surface area contributed by atoms with Crippen LogP contribution in [0.5, 0.6) is 0 Å². The van der Waals surface area contributed by atoms with Gasteiger partial charge in [-0.2, -0.15) is 0 Å². The van der Waals surface area contributed by atoms with Crippen LogP contribution in [0.25, 0.3) is 0 Å². The van der Waals surface area contributed by atoms with E-state index in [9.17, 15) is 9.90 Å². The molecule has 1 aromatic rings. The smallest absolute Gasteiger partial charge is 0.232 e. The third-order valence-corrected chi connectivity index (χ3v) is 3.63. The highest BCUT2D eigenvalue weighted by Gasteiger charge is 2.10. The summed E-state index contributed by atoms with van der Waals surface area (Å²) in [6, 6.07) is 3.67. The molecule has 0 bridgehead atoms. The number of carbonyl (C=O) groups excluding carboxylic acids is 1. The number of nitrogens with zero attached hydrogens (tertiary/aromatic N) is 2. The van der Waals surface area contributed by atoms with Gasteiger partial charge >= 0.3 is 0 Å². The summed E-state index contributed by atoms with van der Waals surface area (Å²) in [5.74, 6) is 0.536. The van der Waals surface area contributed by atoms with Crippen LogP contribution in [0.2, 0.25) is 0 Å². The van der Waals surface area contributed by atoms with E-state index >= 15 is 0 Å². The summed E-state index contributed by atoms with van der Waals surface area (Å²) >= 11 is 1.42. The number of aliphatic hydroxyl groups excluding tert-OH is 1. The van der Waals surface area contributed by atoms with E-state index in [1.54, 1.807) is 18.0 Å². The third-order valence-electron chi connectivity index (χ3n) is 2.70. The number of hydrogen-bond acceptors (Lipinski definition) is 4. The number of hydrogen-bond donors (Lipinski definition) is 1. The predicted octanol–water partition coefficient (Wildman–Crippen LogP) is 2.10. The summed E-state index contributed by atoms with van der Waals surface area (Å²) in [6.07, 6.45) is 1.14. The third kappa shape index (κ3) is 4.31. The molecule has 5 heteroatoms. The Bertz CT molecular complexity index is 375. The second-order valence-electron chi connectivity index (χ2n) is 3.96. The van der Waals surface area contributed by atoms with E-state index in [0.717, 1.165) is 23.7 Å². The van der Waals surface area contributed by atoms with E-state index in [2.05, 4.69) is 4.98 Å². The van der Waals surface area contributed by atoms with Crippen molar-refractivity contribution in [1.82, 2.24) is 9.88 Å². The SMILES string of the molecule is CCN(CC)C(=O)CSc1ccc([C@@H](C)O)cn1. The lowest BCUT2D eigenvalue weighted by atomic mass is 10.2.